The highest BCUT2D eigenvalue weighted by Gasteiger charge is 2.34. The van der Waals surface area contributed by atoms with Gasteiger partial charge in [0.05, 0.1) is 4.90 Å². The van der Waals surface area contributed by atoms with E-state index in [2.05, 4.69) is 12.2 Å². The molecule has 28 heavy (non-hydrogen) atoms. The number of nitrogens with one attached hydrogen (secondary N) is 1. The zero-order valence-corrected chi connectivity index (χ0v) is 18.4. The summed E-state index contributed by atoms with van der Waals surface area (Å²) in [5.41, 5.74) is 2.66. The Hall–Kier alpha value is -1.40. The Morgan fingerprint density at radius 3 is 2.21 bits per heavy atom. The maximum atomic E-state index is 13.2. The van der Waals surface area contributed by atoms with Gasteiger partial charge in [0, 0.05) is 25.0 Å². The van der Waals surface area contributed by atoms with Crippen LogP contribution in [0, 0.1) is 32.6 Å². The highest BCUT2D eigenvalue weighted by atomic mass is 32.2. The molecule has 6 heteroatoms. The van der Waals surface area contributed by atoms with Crippen LogP contribution in [0.15, 0.2) is 17.0 Å². The molecule has 2 aliphatic rings. The van der Waals surface area contributed by atoms with Crippen LogP contribution in [0.2, 0.25) is 0 Å². The van der Waals surface area contributed by atoms with E-state index < -0.39 is 10.0 Å². The van der Waals surface area contributed by atoms with Gasteiger partial charge < -0.3 is 5.32 Å². The van der Waals surface area contributed by atoms with E-state index in [0.29, 0.717) is 36.7 Å². The first kappa shape index (κ1) is 21.3. The molecule has 1 N–H and O–H groups in total. The van der Waals surface area contributed by atoms with Gasteiger partial charge in [-0.05, 0) is 63.5 Å². The number of amides is 1. The van der Waals surface area contributed by atoms with Gasteiger partial charge in [0.1, 0.15) is 0 Å². The Morgan fingerprint density at radius 2 is 1.64 bits per heavy atom. The second kappa shape index (κ2) is 8.54. The van der Waals surface area contributed by atoms with Crippen LogP contribution in [0.25, 0.3) is 0 Å². The lowest BCUT2D eigenvalue weighted by Gasteiger charge is -2.33. The fraction of sp³-hybridized carbons (Fsp3) is 0.682. The number of sulfonamides is 1. The number of hydrogen-bond acceptors (Lipinski definition) is 3. The summed E-state index contributed by atoms with van der Waals surface area (Å²) < 4.78 is 27.9. The average molecular weight is 407 g/mol. The van der Waals surface area contributed by atoms with Crippen LogP contribution in [0.5, 0.6) is 0 Å². The fourth-order valence-corrected chi connectivity index (χ4v) is 6.83. The second-order valence-electron chi connectivity index (χ2n) is 8.88. The summed E-state index contributed by atoms with van der Waals surface area (Å²) in [6.07, 6.45) is 5.74. The van der Waals surface area contributed by atoms with Gasteiger partial charge in [-0.15, -0.1) is 0 Å². The fourth-order valence-electron chi connectivity index (χ4n) is 4.95. The van der Waals surface area contributed by atoms with Gasteiger partial charge in [0.2, 0.25) is 15.9 Å². The maximum absolute atomic E-state index is 13.2. The van der Waals surface area contributed by atoms with Crippen LogP contribution in [0.3, 0.4) is 0 Å². The van der Waals surface area contributed by atoms with Gasteiger partial charge in [-0.1, -0.05) is 37.5 Å². The van der Waals surface area contributed by atoms with E-state index in [1.54, 1.807) is 4.31 Å². The van der Waals surface area contributed by atoms with Crippen molar-refractivity contribution < 1.29 is 13.2 Å². The van der Waals surface area contributed by atoms with Gasteiger partial charge in [0.25, 0.3) is 0 Å². The van der Waals surface area contributed by atoms with E-state index in [0.717, 1.165) is 29.5 Å². The molecule has 2 unspecified atom stereocenters. The summed E-state index contributed by atoms with van der Waals surface area (Å²) in [5, 5.41) is 3.22. The minimum atomic E-state index is -3.52. The maximum Gasteiger partial charge on any atom is 0.243 e. The molecule has 3 rings (SSSR count). The van der Waals surface area contributed by atoms with E-state index in [9.17, 15) is 13.2 Å². The van der Waals surface area contributed by atoms with Gasteiger partial charge in [-0.25, -0.2) is 8.42 Å². The van der Waals surface area contributed by atoms with E-state index in [1.807, 2.05) is 32.9 Å². The molecule has 1 saturated carbocycles. The number of aryl methyl sites for hydroxylation is 3. The number of piperidine rings is 1. The molecule has 0 bridgehead atoms. The summed E-state index contributed by atoms with van der Waals surface area (Å²) in [6.45, 7) is 8.77. The summed E-state index contributed by atoms with van der Waals surface area (Å²) in [6, 6.07) is 4.13. The second-order valence-corrected chi connectivity index (χ2v) is 10.8. The predicted octanol–water partition coefficient (Wildman–Crippen LogP) is 3.71. The monoisotopic (exact) mass is 406 g/mol. The molecule has 1 saturated heterocycles. The summed E-state index contributed by atoms with van der Waals surface area (Å²) >= 11 is 0. The van der Waals surface area contributed by atoms with E-state index in [4.69, 9.17) is 0 Å². The number of rotatable bonds is 4. The zero-order valence-electron chi connectivity index (χ0n) is 17.6. The Kier molecular flexibility index (Phi) is 6.50. The normalized spacial score (nSPS) is 24.9. The smallest absolute Gasteiger partial charge is 0.243 e. The molecule has 1 aromatic rings. The van der Waals surface area contributed by atoms with Crippen LogP contribution in [-0.2, 0) is 14.8 Å². The SMILES string of the molecule is Cc1cc(C)c(S(=O)(=O)N2CCC(C(=O)NC3CCCC(C)C3)CC2)c(C)c1. The standard InChI is InChI=1S/C22H34N2O3S/c1-15-6-5-7-20(14-15)23-22(25)19-8-10-24(11-9-19)28(26,27)21-17(3)12-16(2)13-18(21)4/h12-13,15,19-20H,5-11,14H2,1-4H3,(H,23,25). The van der Waals surface area contributed by atoms with E-state index >= 15 is 0 Å². The lowest BCUT2D eigenvalue weighted by atomic mass is 9.86. The molecule has 0 aromatic heterocycles. The molecule has 2 atom stereocenters. The van der Waals surface area contributed by atoms with Crippen molar-refractivity contribution in [1.82, 2.24) is 9.62 Å². The molecule has 1 aliphatic heterocycles. The molecular weight excluding hydrogens is 372 g/mol. The minimum Gasteiger partial charge on any atom is -0.353 e. The Morgan fingerprint density at radius 1 is 1.04 bits per heavy atom. The molecule has 5 nitrogen and oxygen atoms in total. The number of benzene rings is 1. The summed E-state index contributed by atoms with van der Waals surface area (Å²) in [7, 11) is -3.52. The van der Waals surface area contributed by atoms with E-state index in [1.165, 1.54) is 12.8 Å². The zero-order chi connectivity index (χ0) is 20.5. The lowest BCUT2D eigenvalue weighted by Crippen LogP contribution is -2.46. The van der Waals surface area contributed by atoms with Crippen molar-refractivity contribution in [3.63, 3.8) is 0 Å². The van der Waals surface area contributed by atoms with Crippen LogP contribution >= 0.6 is 0 Å². The molecule has 1 heterocycles. The van der Waals surface area contributed by atoms with Gasteiger partial charge >= 0.3 is 0 Å². The van der Waals surface area contributed by atoms with E-state index in [-0.39, 0.29) is 17.9 Å². The number of carbonyl (C=O) groups excluding carboxylic acids is 1. The third-order valence-electron chi connectivity index (χ3n) is 6.31. The largest absolute Gasteiger partial charge is 0.353 e. The van der Waals surface area contributed by atoms with Gasteiger partial charge in [-0.3, -0.25) is 4.79 Å². The van der Waals surface area contributed by atoms with Crippen LogP contribution in [0.1, 0.15) is 62.1 Å². The highest BCUT2D eigenvalue weighted by molar-refractivity contribution is 7.89. The first-order chi connectivity index (χ1) is 13.2. The van der Waals surface area contributed by atoms with Crippen molar-refractivity contribution in [1.29, 1.82) is 0 Å². The topological polar surface area (TPSA) is 66.5 Å². The Bertz CT molecular complexity index is 803. The molecule has 1 amide bonds. The summed E-state index contributed by atoms with van der Waals surface area (Å²) in [4.78, 5) is 13.1. The number of hydrogen-bond donors (Lipinski definition) is 1. The van der Waals surface area contributed by atoms with Crippen LogP contribution in [0.4, 0.5) is 0 Å². The lowest BCUT2D eigenvalue weighted by molar-refractivity contribution is -0.127. The van der Waals surface area contributed by atoms with Crippen molar-refractivity contribution in [2.45, 2.75) is 77.2 Å². The molecule has 2 fully saturated rings. The van der Waals surface area contributed by atoms with Crippen LogP contribution < -0.4 is 5.32 Å². The molecular formula is C22H34N2O3S. The molecule has 1 aliphatic carbocycles. The van der Waals surface area contributed by atoms with Gasteiger partial charge in [-0.2, -0.15) is 4.31 Å². The third kappa shape index (κ3) is 4.60. The van der Waals surface area contributed by atoms with Crippen molar-refractivity contribution in [3.05, 3.63) is 28.8 Å². The van der Waals surface area contributed by atoms with Crippen molar-refractivity contribution in [2.75, 3.05) is 13.1 Å². The third-order valence-corrected chi connectivity index (χ3v) is 8.51. The first-order valence-corrected chi connectivity index (χ1v) is 12.0. The van der Waals surface area contributed by atoms with Crippen molar-refractivity contribution in [2.24, 2.45) is 11.8 Å². The van der Waals surface area contributed by atoms with Crippen molar-refractivity contribution in [3.8, 4) is 0 Å². The number of carbonyl (C=O) groups is 1. The Labute approximate surface area is 169 Å². The molecule has 0 spiro atoms. The van der Waals surface area contributed by atoms with Crippen molar-refractivity contribution >= 4 is 15.9 Å². The first-order valence-electron chi connectivity index (χ1n) is 10.6. The molecule has 0 radical (unpaired) electrons. The summed E-state index contributed by atoms with van der Waals surface area (Å²) in [5.74, 6) is 0.703. The quantitative estimate of drug-likeness (QED) is 0.829. The molecule has 1 aromatic carbocycles. The highest BCUT2D eigenvalue weighted by Crippen LogP contribution is 2.29. The number of nitrogens with zero attached hydrogens (tertiary/aromatic N) is 1. The average Bonchev–Trinajstić information content (AvgIpc) is 2.60. The Balaban J connectivity index is 1.62. The van der Waals surface area contributed by atoms with Gasteiger partial charge in [0.15, 0.2) is 0 Å². The molecule has 156 valence electrons. The van der Waals surface area contributed by atoms with Crippen LogP contribution in [-0.4, -0.2) is 37.8 Å². The minimum absolute atomic E-state index is 0.0797. The predicted molar refractivity (Wildman–Crippen MR) is 112 cm³/mol.